The third kappa shape index (κ3) is 4.02. The third-order valence-corrected chi connectivity index (χ3v) is 3.19. The molecule has 9 heteroatoms. The number of halogens is 1. The van der Waals surface area contributed by atoms with Crippen molar-refractivity contribution in [3.05, 3.63) is 64.0 Å². The van der Waals surface area contributed by atoms with Gasteiger partial charge >= 0.3 is 5.69 Å². The first-order valence-corrected chi connectivity index (χ1v) is 7.02. The molecule has 2 aromatic carbocycles. The number of carbonyl (C=O) groups is 1. The summed E-state index contributed by atoms with van der Waals surface area (Å²) < 4.78 is 18.4. The molecule has 0 aromatic heterocycles. The van der Waals surface area contributed by atoms with E-state index in [1.807, 2.05) is 0 Å². The summed E-state index contributed by atoms with van der Waals surface area (Å²) in [7, 11) is 1.29. The molecular formula is C15H12FN3O4S. The van der Waals surface area contributed by atoms with Gasteiger partial charge in [0.1, 0.15) is 5.82 Å². The minimum absolute atomic E-state index is 0.0141. The molecule has 1 amide bonds. The van der Waals surface area contributed by atoms with Gasteiger partial charge in [-0.15, -0.1) is 0 Å². The first kappa shape index (κ1) is 17.3. The van der Waals surface area contributed by atoms with Crippen LogP contribution in [0.25, 0.3) is 0 Å². The number of rotatable bonds is 4. The molecule has 2 N–H and O–H groups in total. The second kappa shape index (κ2) is 7.47. The fourth-order valence-electron chi connectivity index (χ4n) is 1.87. The van der Waals surface area contributed by atoms with E-state index in [4.69, 9.17) is 17.0 Å². The number of anilines is 1. The lowest BCUT2D eigenvalue weighted by Gasteiger charge is -2.10. The summed E-state index contributed by atoms with van der Waals surface area (Å²) in [5.74, 6) is -1.17. The molecule has 0 aliphatic rings. The number of nitro groups is 1. The summed E-state index contributed by atoms with van der Waals surface area (Å²) in [4.78, 5) is 22.4. The standard InChI is InChI=1S/C15H12FN3O4S/c1-23-13-7-6-9(8-12(13)19(21)22)14(20)18-15(24)17-11-5-3-2-4-10(11)16/h2-8H,1H3,(H2,17,18,20,24). The SMILES string of the molecule is COc1ccc(C(=O)NC(=S)Nc2ccccc2F)cc1[N+](=O)[O-]. The van der Waals surface area contributed by atoms with Crippen molar-refractivity contribution < 1.29 is 18.8 Å². The van der Waals surface area contributed by atoms with Crippen LogP contribution in [-0.2, 0) is 0 Å². The molecule has 0 saturated carbocycles. The van der Waals surface area contributed by atoms with Gasteiger partial charge in [-0.3, -0.25) is 20.2 Å². The third-order valence-electron chi connectivity index (χ3n) is 2.99. The maximum Gasteiger partial charge on any atom is 0.311 e. The van der Waals surface area contributed by atoms with Crippen molar-refractivity contribution in [2.24, 2.45) is 0 Å². The number of nitro benzene ring substituents is 1. The number of thiocarbonyl (C=S) groups is 1. The summed E-state index contributed by atoms with van der Waals surface area (Å²) in [5.41, 5.74) is -0.234. The van der Waals surface area contributed by atoms with Crippen LogP contribution in [0.3, 0.4) is 0 Å². The second-order valence-electron chi connectivity index (χ2n) is 4.53. The minimum Gasteiger partial charge on any atom is -0.490 e. The van der Waals surface area contributed by atoms with E-state index in [9.17, 15) is 19.3 Å². The van der Waals surface area contributed by atoms with E-state index in [0.29, 0.717) is 0 Å². The topological polar surface area (TPSA) is 93.5 Å². The number of hydrogen-bond acceptors (Lipinski definition) is 5. The van der Waals surface area contributed by atoms with Crippen LogP contribution in [0, 0.1) is 15.9 Å². The highest BCUT2D eigenvalue weighted by Crippen LogP contribution is 2.27. The van der Waals surface area contributed by atoms with E-state index < -0.39 is 16.6 Å². The highest BCUT2D eigenvalue weighted by molar-refractivity contribution is 7.80. The summed E-state index contributed by atoms with van der Waals surface area (Å²) in [5, 5.41) is 15.7. The highest BCUT2D eigenvalue weighted by atomic mass is 32.1. The molecule has 24 heavy (non-hydrogen) atoms. The summed E-state index contributed by atoms with van der Waals surface area (Å²) >= 11 is 4.94. The molecule has 0 spiro atoms. The minimum atomic E-state index is -0.672. The Morgan fingerprint density at radius 3 is 2.62 bits per heavy atom. The van der Waals surface area contributed by atoms with Crippen molar-refractivity contribution in [1.82, 2.24) is 5.32 Å². The predicted molar refractivity (Wildman–Crippen MR) is 89.7 cm³/mol. The predicted octanol–water partition coefficient (Wildman–Crippen LogP) is 2.87. The first-order chi connectivity index (χ1) is 11.4. The fraction of sp³-hybridized carbons (Fsp3) is 0.0667. The zero-order valence-electron chi connectivity index (χ0n) is 12.4. The molecule has 0 bridgehead atoms. The Bertz CT molecular complexity index is 813. The molecule has 0 aliphatic heterocycles. The summed E-state index contributed by atoms with van der Waals surface area (Å²) in [6.07, 6.45) is 0. The van der Waals surface area contributed by atoms with Crippen molar-refractivity contribution >= 4 is 34.6 Å². The van der Waals surface area contributed by atoms with E-state index in [-0.39, 0.29) is 27.8 Å². The van der Waals surface area contributed by atoms with E-state index in [2.05, 4.69) is 10.6 Å². The molecule has 2 rings (SSSR count). The van der Waals surface area contributed by atoms with Crippen LogP contribution in [0.4, 0.5) is 15.8 Å². The number of benzene rings is 2. The smallest absolute Gasteiger partial charge is 0.311 e. The Morgan fingerprint density at radius 2 is 2.00 bits per heavy atom. The molecule has 0 saturated heterocycles. The van der Waals surface area contributed by atoms with Crippen molar-refractivity contribution in [3.8, 4) is 5.75 Å². The van der Waals surface area contributed by atoms with Gasteiger partial charge in [0.25, 0.3) is 5.91 Å². The van der Waals surface area contributed by atoms with Gasteiger partial charge in [-0.05, 0) is 36.5 Å². The van der Waals surface area contributed by atoms with Crippen LogP contribution in [0.15, 0.2) is 42.5 Å². The zero-order chi connectivity index (χ0) is 17.7. The molecule has 0 radical (unpaired) electrons. The normalized spacial score (nSPS) is 9.92. The van der Waals surface area contributed by atoms with Crippen molar-refractivity contribution in [2.75, 3.05) is 12.4 Å². The van der Waals surface area contributed by atoms with E-state index >= 15 is 0 Å². The number of amides is 1. The van der Waals surface area contributed by atoms with Gasteiger partial charge in [0.15, 0.2) is 10.9 Å². The van der Waals surface area contributed by atoms with Crippen LogP contribution in [-0.4, -0.2) is 23.1 Å². The van der Waals surface area contributed by atoms with Gasteiger partial charge in [0.05, 0.1) is 17.7 Å². The largest absolute Gasteiger partial charge is 0.490 e. The molecule has 0 unspecified atom stereocenters. The Labute approximate surface area is 141 Å². The number of methoxy groups -OCH3 is 1. The lowest BCUT2D eigenvalue weighted by molar-refractivity contribution is -0.385. The molecule has 124 valence electrons. The highest BCUT2D eigenvalue weighted by Gasteiger charge is 2.18. The van der Waals surface area contributed by atoms with E-state index in [0.717, 1.165) is 6.07 Å². The van der Waals surface area contributed by atoms with E-state index in [1.54, 1.807) is 6.07 Å². The number of nitrogens with one attached hydrogen (secondary N) is 2. The van der Waals surface area contributed by atoms with E-state index in [1.165, 1.54) is 37.4 Å². The maximum absolute atomic E-state index is 13.5. The quantitative estimate of drug-likeness (QED) is 0.501. The van der Waals surface area contributed by atoms with Crippen molar-refractivity contribution in [3.63, 3.8) is 0 Å². The second-order valence-corrected chi connectivity index (χ2v) is 4.94. The molecule has 0 atom stereocenters. The molecule has 0 heterocycles. The first-order valence-electron chi connectivity index (χ1n) is 6.61. The molecule has 2 aromatic rings. The van der Waals surface area contributed by atoms with Crippen LogP contribution in [0.5, 0.6) is 5.75 Å². The number of hydrogen-bond donors (Lipinski definition) is 2. The van der Waals surface area contributed by atoms with Gasteiger partial charge in [-0.1, -0.05) is 12.1 Å². The number of ether oxygens (including phenoxy) is 1. The summed E-state index contributed by atoms with van der Waals surface area (Å²) in [6.45, 7) is 0. The monoisotopic (exact) mass is 349 g/mol. The molecule has 0 aliphatic carbocycles. The average Bonchev–Trinajstić information content (AvgIpc) is 2.56. The van der Waals surface area contributed by atoms with Gasteiger partial charge in [-0.25, -0.2) is 4.39 Å². The van der Waals surface area contributed by atoms with Crippen molar-refractivity contribution in [1.29, 1.82) is 0 Å². The van der Waals surface area contributed by atoms with Gasteiger partial charge < -0.3 is 10.1 Å². The maximum atomic E-state index is 13.5. The Balaban J connectivity index is 2.12. The molecule has 7 nitrogen and oxygen atoms in total. The Hall–Kier alpha value is -3.07. The number of nitrogens with zero attached hydrogens (tertiary/aromatic N) is 1. The van der Waals surface area contributed by atoms with Crippen molar-refractivity contribution in [2.45, 2.75) is 0 Å². The number of carbonyl (C=O) groups excluding carboxylic acids is 1. The zero-order valence-corrected chi connectivity index (χ0v) is 13.2. The van der Waals surface area contributed by atoms with Crippen LogP contribution >= 0.6 is 12.2 Å². The van der Waals surface area contributed by atoms with Crippen LogP contribution in [0.2, 0.25) is 0 Å². The average molecular weight is 349 g/mol. The Kier molecular flexibility index (Phi) is 5.38. The molecule has 0 fully saturated rings. The Morgan fingerprint density at radius 1 is 1.29 bits per heavy atom. The lowest BCUT2D eigenvalue weighted by Crippen LogP contribution is -2.34. The van der Waals surface area contributed by atoms with Gasteiger partial charge in [0.2, 0.25) is 0 Å². The fourth-order valence-corrected chi connectivity index (χ4v) is 2.07. The summed E-state index contributed by atoms with van der Waals surface area (Å²) in [6, 6.07) is 9.53. The number of para-hydroxylation sites is 1. The van der Waals surface area contributed by atoms with Gasteiger partial charge in [0, 0.05) is 11.6 Å². The lowest BCUT2D eigenvalue weighted by atomic mass is 10.2. The molecular weight excluding hydrogens is 337 g/mol. The van der Waals surface area contributed by atoms with Crippen LogP contribution in [0.1, 0.15) is 10.4 Å². The van der Waals surface area contributed by atoms with Gasteiger partial charge in [-0.2, -0.15) is 0 Å². The van der Waals surface area contributed by atoms with Crippen LogP contribution < -0.4 is 15.4 Å².